The highest BCUT2D eigenvalue weighted by molar-refractivity contribution is 5.65. The summed E-state index contributed by atoms with van der Waals surface area (Å²) < 4.78 is 22.6. The molecule has 0 amide bonds. The maximum atomic E-state index is 12.6. The van der Waals surface area contributed by atoms with Gasteiger partial charge in [-0.1, -0.05) is 29.8 Å². The first-order chi connectivity index (χ1) is 15.9. The van der Waals surface area contributed by atoms with E-state index in [9.17, 15) is 9.59 Å². The second-order valence-electron chi connectivity index (χ2n) is 9.20. The summed E-state index contributed by atoms with van der Waals surface area (Å²) in [6.45, 7) is 5.65. The summed E-state index contributed by atoms with van der Waals surface area (Å²) in [6, 6.07) is 7.84. The number of hydrogen-bond donors (Lipinski definition) is 1. The van der Waals surface area contributed by atoms with Gasteiger partial charge in [-0.2, -0.15) is 0 Å². The van der Waals surface area contributed by atoms with Crippen molar-refractivity contribution in [3.8, 4) is 0 Å². The van der Waals surface area contributed by atoms with Gasteiger partial charge in [0.15, 0.2) is 0 Å². The molecule has 4 rings (SSSR count). The highest BCUT2D eigenvalue weighted by Crippen LogP contribution is 2.40. The third-order valence-corrected chi connectivity index (χ3v) is 6.53. The number of dihydropyridines is 1. The van der Waals surface area contributed by atoms with Crippen LogP contribution in [0.4, 0.5) is 9.59 Å². The van der Waals surface area contributed by atoms with E-state index in [1.807, 2.05) is 45.0 Å². The van der Waals surface area contributed by atoms with E-state index >= 15 is 0 Å². The lowest BCUT2D eigenvalue weighted by molar-refractivity contribution is 0.0308. The summed E-state index contributed by atoms with van der Waals surface area (Å²) in [7, 11) is 0. The first-order valence-corrected chi connectivity index (χ1v) is 11.9. The predicted molar refractivity (Wildman–Crippen MR) is 122 cm³/mol. The van der Waals surface area contributed by atoms with Crippen LogP contribution >= 0.6 is 0 Å². The molecule has 1 aromatic carbocycles. The Kier molecular flexibility index (Phi) is 7.26. The summed E-state index contributed by atoms with van der Waals surface area (Å²) in [5.74, 6) is 0.133. The molecule has 0 aromatic heterocycles. The molecule has 2 aliphatic carbocycles. The molecule has 0 unspecified atom stereocenters. The second kappa shape index (κ2) is 10.3. The Balaban J connectivity index is 1.59. The molecule has 2 fully saturated rings. The number of benzene rings is 1. The molecular weight excluding hydrogens is 422 g/mol. The van der Waals surface area contributed by atoms with Crippen molar-refractivity contribution < 1.29 is 28.5 Å². The Morgan fingerprint density at radius 2 is 1.27 bits per heavy atom. The van der Waals surface area contributed by atoms with Crippen LogP contribution in [0.25, 0.3) is 0 Å². The smallest absolute Gasteiger partial charge is 0.431 e. The Bertz CT molecular complexity index is 899. The minimum absolute atomic E-state index is 0.109. The van der Waals surface area contributed by atoms with Crippen molar-refractivity contribution in [3.63, 3.8) is 0 Å². The normalized spacial score (nSPS) is 20.1. The molecule has 0 spiro atoms. The van der Waals surface area contributed by atoms with Gasteiger partial charge in [-0.25, -0.2) is 9.59 Å². The summed E-state index contributed by atoms with van der Waals surface area (Å²) in [4.78, 5) is 25.3. The summed E-state index contributed by atoms with van der Waals surface area (Å²) >= 11 is 0. The highest BCUT2D eigenvalue weighted by Gasteiger charge is 2.36. The summed E-state index contributed by atoms with van der Waals surface area (Å²) in [5.41, 5.74) is 3.22. The quantitative estimate of drug-likeness (QED) is 0.519. The number of hydrogen-bond acceptors (Lipinski definition) is 7. The molecule has 2 saturated carbocycles. The van der Waals surface area contributed by atoms with E-state index in [1.54, 1.807) is 0 Å². The minimum atomic E-state index is -0.733. The molecule has 3 aliphatic rings. The standard InChI is InChI=1S/C26H33NO6/c1-16-9-8-10-19(15-16)22-23(32-25(28)30-20-11-4-5-12-20)17(2)27-18(3)24(22)33-26(29)31-21-13-6-7-14-21/h8-10,15,20-22,27H,4-7,11-14H2,1-3H3. The van der Waals surface area contributed by atoms with Crippen molar-refractivity contribution in [3.05, 3.63) is 58.3 Å². The molecule has 0 saturated heterocycles. The summed E-state index contributed by atoms with van der Waals surface area (Å²) in [5, 5.41) is 3.19. The largest absolute Gasteiger partial charge is 0.513 e. The van der Waals surface area contributed by atoms with Gasteiger partial charge in [0.05, 0.1) is 11.4 Å². The molecule has 7 nitrogen and oxygen atoms in total. The fraction of sp³-hybridized carbons (Fsp3) is 0.538. The van der Waals surface area contributed by atoms with Gasteiger partial charge in [-0.15, -0.1) is 0 Å². The first-order valence-electron chi connectivity index (χ1n) is 11.9. The van der Waals surface area contributed by atoms with Crippen molar-refractivity contribution in [1.29, 1.82) is 0 Å². The average molecular weight is 456 g/mol. The third-order valence-electron chi connectivity index (χ3n) is 6.53. The van der Waals surface area contributed by atoms with Gasteiger partial charge < -0.3 is 24.3 Å². The molecule has 33 heavy (non-hydrogen) atoms. The van der Waals surface area contributed by atoms with Gasteiger partial charge in [0.1, 0.15) is 29.6 Å². The van der Waals surface area contributed by atoms with Gasteiger partial charge in [-0.05, 0) is 77.7 Å². The van der Waals surface area contributed by atoms with Crippen molar-refractivity contribution in [2.75, 3.05) is 0 Å². The molecule has 0 bridgehead atoms. The third kappa shape index (κ3) is 5.70. The number of rotatable bonds is 5. The van der Waals surface area contributed by atoms with E-state index in [4.69, 9.17) is 18.9 Å². The van der Waals surface area contributed by atoms with E-state index in [0.717, 1.165) is 62.5 Å². The molecule has 1 aliphatic heterocycles. The molecule has 1 heterocycles. The molecular formula is C26H33NO6. The Morgan fingerprint density at radius 1 is 0.788 bits per heavy atom. The fourth-order valence-corrected chi connectivity index (χ4v) is 4.89. The maximum Gasteiger partial charge on any atom is 0.513 e. The van der Waals surface area contributed by atoms with Crippen LogP contribution in [0.15, 0.2) is 47.2 Å². The molecule has 7 heteroatoms. The fourth-order valence-electron chi connectivity index (χ4n) is 4.89. The van der Waals surface area contributed by atoms with Gasteiger partial charge >= 0.3 is 12.3 Å². The average Bonchev–Trinajstić information content (AvgIpc) is 3.46. The second-order valence-corrected chi connectivity index (χ2v) is 9.20. The van der Waals surface area contributed by atoms with Crippen molar-refractivity contribution in [2.45, 2.75) is 90.3 Å². The van der Waals surface area contributed by atoms with Crippen LogP contribution in [-0.4, -0.2) is 24.5 Å². The highest BCUT2D eigenvalue weighted by atomic mass is 16.7. The van der Waals surface area contributed by atoms with Crippen molar-refractivity contribution in [1.82, 2.24) is 5.32 Å². The number of aryl methyl sites for hydroxylation is 1. The molecule has 0 radical (unpaired) electrons. The maximum absolute atomic E-state index is 12.6. The SMILES string of the molecule is CC1=C(OC(=O)OC2CCCC2)C(c2cccc(C)c2)C(OC(=O)OC2CCCC2)=C(C)N1. The van der Waals surface area contributed by atoms with Gasteiger partial charge in [-0.3, -0.25) is 0 Å². The Morgan fingerprint density at radius 3 is 1.73 bits per heavy atom. The van der Waals surface area contributed by atoms with E-state index in [1.165, 1.54) is 0 Å². The van der Waals surface area contributed by atoms with Gasteiger partial charge in [0.25, 0.3) is 0 Å². The minimum Gasteiger partial charge on any atom is -0.431 e. The number of allylic oxidation sites excluding steroid dienone is 2. The van der Waals surface area contributed by atoms with E-state index in [-0.39, 0.29) is 12.2 Å². The van der Waals surface area contributed by atoms with Crippen LogP contribution in [0, 0.1) is 6.92 Å². The first kappa shape index (κ1) is 23.2. The number of carbonyl (C=O) groups excluding carboxylic acids is 2. The zero-order valence-electron chi connectivity index (χ0n) is 19.6. The number of carbonyl (C=O) groups is 2. The monoisotopic (exact) mass is 455 g/mol. The van der Waals surface area contributed by atoms with Crippen molar-refractivity contribution in [2.24, 2.45) is 0 Å². The molecule has 1 aromatic rings. The predicted octanol–water partition coefficient (Wildman–Crippen LogP) is 6.34. The van der Waals surface area contributed by atoms with Crippen LogP contribution in [0.1, 0.15) is 82.3 Å². The van der Waals surface area contributed by atoms with Crippen LogP contribution in [0.3, 0.4) is 0 Å². The van der Waals surface area contributed by atoms with E-state index in [2.05, 4.69) is 5.32 Å². The summed E-state index contributed by atoms with van der Waals surface area (Å²) in [6.07, 6.45) is 5.94. The van der Waals surface area contributed by atoms with Gasteiger partial charge in [0, 0.05) is 0 Å². The van der Waals surface area contributed by atoms with E-state index < -0.39 is 18.2 Å². The molecule has 1 N–H and O–H groups in total. The topological polar surface area (TPSA) is 83.1 Å². The molecule has 0 atom stereocenters. The number of ether oxygens (including phenoxy) is 4. The lowest BCUT2D eigenvalue weighted by Gasteiger charge is -2.30. The zero-order valence-corrected chi connectivity index (χ0v) is 19.6. The lowest BCUT2D eigenvalue weighted by atomic mass is 9.90. The van der Waals surface area contributed by atoms with Crippen LogP contribution in [0.2, 0.25) is 0 Å². The van der Waals surface area contributed by atoms with Crippen LogP contribution in [-0.2, 0) is 18.9 Å². The Hall–Kier alpha value is -2.96. The van der Waals surface area contributed by atoms with Crippen molar-refractivity contribution >= 4 is 12.3 Å². The van der Waals surface area contributed by atoms with Crippen LogP contribution < -0.4 is 5.32 Å². The zero-order chi connectivity index (χ0) is 23.4. The molecule has 178 valence electrons. The Labute approximate surface area is 195 Å². The van der Waals surface area contributed by atoms with E-state index in [0.29, 0.717) is 22.9 Å². The lowest BCUT2D eigenvalue weighted by Crippen LogP contribution is -2.30. The van der Waals surface area contributed by atoms with Crippen LogP contribution in [0.5, 0.6) is 0 Å². The number of nitrogens with one attached hydrogen (secondary N) is 1. The van der Waals surface area contributed by atoms with Gasteiger partial charge in [0.2, 0.25) is 0 Å².